The van der Waals surface area contributed by atoms with Gasteiger partial charge in [0, 0.05) is 16.1 Å². The SMILES string of the molecule is Cc1cccc(Cn2nc(-c3cccc(Br)c3)cc2N)c1. The lowest BCUT2D eigenvalue weighted by Gasteiger charge is -2.05. The number of nitrogen functional groups attached to an aromatic ring is 1. The molecule has 4 heteroatoms. The van der Waals surface area contributed by atoms with Gasteiger partial charge < -0.3 is 5.73 Å². The number of hydrogen-bond donors (Lipinski definition) is 1. The van der Waals surface area contributed by atoms with Gasteiger partial charge >= 0.3 is 0 Å². The van der Waals surface area contributed by atoms with Crippen molar-refractivity contribution in [3.05, 3.63) is 70.2 Å². The number of aryl methyl sites for hydroxylation is 1. The average Bonchev–Trinajstić information content (AvgIpc) is 2.80. The molecule has 0 saturated heterocycles. The van der Waals surface area contributed by atoms with Gasteiger partial charge in [0.25, 0.3) is 0 Å². The third kappa shape index (κ3) is 3.16. The second kappa shape index (κ2) is 5.74. The van der Waals surface area contributed by atoms with Gasteiger partial charge in [0.05, 0.1) is 12.2 Å². The van der Waals surface area contributed by atoms with Crippen molar-refractivity contribution < 1.29 is 0 Å². The average molecular weight is 342 g/mol. The summed E-state index contributed by atoms with van der Waals surface area (Å²) in [7, 11) is 0. The highest BCUT2D eigenvalue weighted by molar-refractivity contribution is 9.10. The monoisotopic (exact) mass is 341 g/mol. The lowest BCUT2D eigenvalue weighted by atomic mass is 10.1. The van der Waals surface area contributed by atoms with Crippen molar-refractivity contribution in [1.29, 1.82) is 0 Å². The maximum absolute atomic E-state index is 6.09. The highest BCUT2D eigenvalue weighted by atomic mass is 79.9. The van der Waals surface area contributed by atoms with Gasteiger partial charge in [-0.25, -0.2) is 4.68 Å². The first-order chi connectivity index (χ1) is 10.1. The van der Waals surface area contributed by atoms with Crippen LogP contribution < -0.4 is 5.73 Å². The Morgan fingerprint density at radius 3 is 2.67 bits per heavy atom. The van der Waals surface area contributed by atoms with Crippen molar-refractivity contribution in [3.8, 4) is 11.3 Å². The summed E-state index contributed by atoms with van der Waals surface area (Å²) >= 11 is 3.48. The Bertz CT molecular complexity index is 777. The summed E-state index contributed by atoms with van der Waals surface area (Å²) in [5.74, 6) is 0.673. The third-order valence-corrected chi connectivity index (χ3v) is 3.84. The number of nitrogens with two attached hydrogens (primary N) is 1. The normalized spacial score (nSPS) is 10.8. The molecule has 1 aromatic heterocycles. The molecule has 0 radical (unpaired) electrons. The van der Waals surface area contributed by atoms with E-state index in [0.29, 0.717) is 12.4 Å². The lowest BCUT2D eigenvalue weighted by molar-refractivity contribution is 0.699. The predicted octanol–water partition coefficient (Wildman–Crippen LogP) is 4.25. The van der Waals surface area contributed by atoms with Crippen LogP contribution in [0.25, 0.3) is 11.3 Å². The maximum atomic E-state index is 6.09. The maximum Gasteiger partial charge on any atom is 0.122 e. The summed E-state index contributed by atoms with van der Waals surface area (Å²) in [6.07, 6.45) is 0. The van der Waals surface area contributed by atoms with E-state index in [4.69, 9.17) is 5.73 Å². The summed E-state index contributed by atoms with van der Waals surface area (Å²) in [6, 6.07) is 18.4. The fraction of sp³-hybridized carbons (Fsp3) is 0.118. The molecule has 0 aliphatic heterocycles. The number of halogens is 1. The van der Waals surface area contributed by atoms with Crippen LogP contribution in [0.3, 0.4) is 0 Å². The molecule has 1 heterocycles. The summed E-state index contributed by atoms with van der Waals surface area (Å²) < 4.78 is 2.87. The summed E-state index contributed by atoms with van der Waals surface area (Å²) in [6.45, 7) is 2.77. The van der Waals surface area contributed by atoms with Gasteiger partial charge in [-0.1, -0.05) is 57.9 Å². The first kappa shape index (κ1) is 13.9. The molecule has 0 bridgehead atoms. The zero-order valence-electron chi connectivity index (χ0n) is 11.8. The van der Waals surface area contributed by atoms with Crippen LogP contribution in [-0.2, 0) is 6.54 Å². The van der Waals surface area contributed by atoms with Gasteiger partial charge in [-0.05, 0) is 24.6 Å². The first-order valence-electron chi connectivity index (χ1n) is 6.76. The molecule has 2 N–H and O–H groups in total. The molecule has 0 spiro atoms. The molecule has 0 aliphatic rings. The standard InChI is InChI=1S/C17H16BrN3/c1-12-4-2-5-13(8-12)11-21-17(19)10-16(20-21)14-6-3-7-15(18)9-14/h2-10H,11,19H2,1H3. The van der Waals surface area contributed by atoms with Gasteiger partial charge in [0.15, 0.2) is 0 Å². The topological polar surface area (TPSA) is 43.8 Å². The fourth-order valence-corrected chi connectivity index (χ4v) is 2.73. The minimum atomic E-state index is 0.673. The molecule has 0 amide bonds. The Morgan fingerprint density at radius 1 is 1.10 bits per heavy atom. The van der Waals surface area contributed by atoms with E-state index in [1.54, 1.807) is 0 Å². The highest BCUT2D eigenvalue weighted by Crippen LogP contribution is 2.24. The molecular weight excluding hydrogens is 326 g/mol. The largest absolute Gasteiger partial charge is 0.384 e. The van der Waals surface area contributed by atoms with Crippen LogP contribution in [0.2, 0.25) is 0 Å². The number of rotatable bonds is 3. The molecule has 21 heavy (non-hydrogen) atoms. The number of anilines is 1. The summed E-state index contributed by atoms with van der Waals surface area (Å²) in [4.78, 5) is 0. The minimum absolute atomic E-state index is 0.673. The molecule has 0 fully saturated rings. The Morgan fingerprint density at radius 2 is 1.90 bits per heavy atom. The van der Waals surface area contributed by atoms with Crippen LogP contribution in [0, 0.1) is 6.92 Å². The van der Waals surface area contributed by atoms with E-state index in [9.17, 15) is 0 Å². The molecule has 0 saturated carbocycles. The molecule has 0 atom stereocenters. The van der Waals surface area contributed by atoms with Crippen LogP contribution in [0.5, 0.6) is 0 Å². The van der Waals surface area contributed by atoms with Crippen molar-refractivity contribution in [2.24, 2.45) is 0 Å². The van der Waals surface area contributed by atoms with Gasteiger partial charge in [-0.2, -0.15) is 5.10 Å². The second-order valence-electron chi connectivity index (χ2n) is 5.11. The van der Waals surface area contributed by atoms with E-state index in [2.05, 4.69) is 52.2 Å². The predicted molar refractivity (Wildman–Crippen MR) is 90.1 cm³/mol. The van der Waals surface area contributed by atoms with E-state index in [1.165, 1.54) is 11.1 Å². The van der Waals surface area contributed by atoms with Crippen molar-refractivity contribution >= 4 is 21.7 Å². The van der Waals surface area contributed by atoms with E-state index < -0.39 is 0 Å². The quantitative estimate of drug-likeness (QED) is 0.773. The van der Waals surface area contributed by atoms with Gasteiger partial charge in [-0.15, -0.1) is 0 Å². The Kier molecular flexibility index (Phi) is 3.80. The van der Waals surface area contributed by atoms with E-state index in [-0.39, 0.29) is 0 Å². The Balaban J connectivity index is 1.91. The minimum Gasteiger partial charge on any atom is -0.384 e. The molecule has 0 aliphatic carbocycles. The van der Waals surface area contributed by atoms with E-state index >= 15 is 0 Å². The highest BCUT2D eigenvalue weighted by Gasteiger charge is 2.08. The van der Waals surface area contributed by atoms with Crippen LogP contribution >= 0.6 is 15.9 Å². The van der Waals surface area contributed by atoms with Crippen molar-refractivity contribution in [3.63, 3.8) is 0 Å². The number of nitrogens with zero attached hydrogens (tertiary/aromatic N) is 2. The smallest absolute Gasteiger partial charge is 0.122 e. The fourth-order valence-electron chi connectivity index (χ4n) is 2.33. The number of benzene rings is 2. The van der Waals surface area contributed by atoms with E-state index in [0.717, 1.165) is 15.7 Å². The molecular formula is C17H16BrN3. The Hall–Kier alpha value is -2.07. The van der Waals surface area contributed by atoms with Crippen LogP contribution in [-0.4, -0.2) is 9.78 Å². The zero-order valence-corrected chi connectivity index (χ0v) is 13.3. The van der Waals surface area contributed by atoms with Crippen molar-refractivity contribution in [1.82, 2.24) is 9.78 Å². The zero-order chi connectivity index (χ0) is 14.8. The summed E-state index contributed by atoms with van der Waals surface area (Å²) in [5.41, 5.74) is 10.5. The van der Waals surface area contributed by atoms with Crippen molar-refractivity contribution in [2.45, 2.75) is 13.5 Å². The summed E-state index contributed by atoms with van der Waals surface area (Å²) in [5, 5.41) is 4.62. The second-order valence-corrected chi connectivity index (χ2v) is 6.03. The Labute approximate surface area is 132 Å². The van der Waals surface area contributed by atoms with Gasteiger partial charge in [0.2, 0.25) is 0 Å². The molecule has 3 rings (SSSR count). The van der Waals surface area contributed by atoms with Crippen LogP contribution in [0.1, 0.15) is 11.1 Å². The van der Waals surface area contributed by atoms with Crippen LogP contribution in [0.4, 0.5) is 5.82 Å². The lowest BCUT2D eigenvalue weighted by Crippen LogP contribution is -2.05. The molecule has 2 aromatic carbocycles. The molecule has 0 unspecified atom stereocenters. The number of hydrogen-bond acceptors (Lipinski definition) is 2. The van der Waals surface area contributed by atoms with Crippen molar-refractivity contribution in [2.75, 3.05) is 5.73 Å². The van der Waals surface area contributed by atoms with Crippen LogP contribution in [0.15, 0.2) is 59.1 Å². The molecule has 3 nitrogen and oxygen atoms in total. The molecule has 106 valence electrons. The van der Waals surface area contributed by atoms with Gasteiger partial charge in [-0.3, -0.25) is 0 Å². The third-order valence-electron chi connectivity index (χ3n) is 3.35. The first-order valence-corrected chi connectivity index (χ1v) is 7.56. The van der Waals surface area contributed by atoms with Gasteiger partial charge in [0.1, 0.15) is 5.82 Å². The van der Waals surface area contributed by atoms with E-state index in [1.807, 2.05) is 35.0 Å². The number of aromatic nitrogens is 2. The molecule has 3 aromatic rings.